The van der Waals surface area contributed by atoms with Gasteiger partial charge in [0.05, 0.1) is 11.9 Å². The Hall–Kier alpha value is -2.90. The normalized spacial score (nSPS) is 14.8. The highest BCUT2D eigenvalue weighted by Gasteiger charge is 2.21. The summed E-state index contributed by atoms with van der Waals surface area (Å²) in [5.41, 5.74) is 2.54. The Morgan fingerprint density at radius 1 is 1.06 bits per heavy atom. The third kappa shape index (κ3) is 5.42. The van der Waals surface area contributed by atoms with Gasteiger partial charge in [-0.1, -0.05) is 23.7 Å². The van der Waals surface area contributed by atoms with Crippen LogP contribution >= 0.6 is 11.6 Å². The van der Waals surface area contributed by atoms with Crippen molar-refractivity contribution in [1.29, 1.82) is 0 Å². The number of nitrogens with one attached hydrogen (secondary N) is 1. The van der Waals surface area contributed by atoms with Crippen LogP contribution in [0, 0.1) is 6.42 Å². The second kappa shape index (κ2) is 9.49. The summed E-state index contributed by atoms with van der Waals surface area (Å²) in [4.78, 5) is 42.8. The fourth-order valence-electron chi connectivity index (χ4n) is 3.67. The Morgan fingerprint density at radius 2 is 1.81 bits per heavy atom. The number of carbonyl (C=O) groups excluding carboxylic acids is 2. The highest BCUT2D eigenvalue weighted by Crippen LogP contribution is 2.15. The smallest absolute Gasteiger partial charge is 0.408 e. The Labute approximate surface area is 184 Å². The molecule has 0 atom stereocenters. The summed E-state index contributed by atoms with van der Waals surface area (Å²) >= 11 is 5.89. The van der Waals surface area contributed by atoms with Gasteiger partial charge in [0.15, 0.2) is 11.4 Å². The third-order valence-corrected chi connectivity index (χ3v) is 5.76. The average molecular weight is 441 g/mol. The molecule has 1 fully saturated rings. The molecule has 3 aromatic rings. The number of rotatable bonds is 7. The van der Waals surface area contributed by atoms with Crippen molar-refractivity contribution < 1.29 is 14.0 Å². The molecule has 161 valence electrons. The van der Waals surface area contributed by atoms with Crippen LogP contribution in [0.25, 0.3) is 11.1 Å². The third-order valence-electron chi connectivity index (χ3n) is 5.51. The lowest BCUT2D eigenvalue weighted by Crippen LogP contribution is -2.49. The molecule has 0 unspecified atom stereocenters. The second-order valence-corrected chi connectivity index (χ2v) is 8.04. The molecule has 1 aliphatic rings. The Balaban J connectivity index is 1.21. The Morgan fingerprint density at radius 3 is 2.55 bits per heavy atom. The summed E-state index contributed by atoms with van der Waals surface area (Å²) in [7, 11) is 0. The molecule has 2 aromatic carbocycles. The van der Waals surface area contributed by atoms with Crippen LogP contribution in [-0.4, -0.2) is 59.2 Å². The molecule has 1 aliphatic heterocycles. The molecule has 1 N–H and O–H groups in total. The van der Waals surface area contributed by atoms with Crippen molar-refractivity contribution in [2.45, 2.75) is 12.8 Å². The van der Waals surface area contributed by atoms with Gasteiger partial charge in [-0.25, -0.2) is 4.79 Å². The number of aromatic amines is 1. The number of benzene rings is 2. The number of oxazole rings is 1. The van der Waals surface area contributed by atoms with Gasteiger partial charge in [0.1, 0.15) is 0 Å². The largest absolute Gasteiger partial charge is 0.417 e. The molecule has 1 aromatic heterocycles. The van der Waals surface area contributed by atoms with E-state index in [1.165, 1.54) is 0 Å². The van der Waals surface area contributed by atoms with Crippen LogP contribution in [0.3, 0.4) is 0 Å². The van der Waals surface area contributed by atoms with Crippen molar-refractivity contribution in [2.24, 2.45) is 0 Å². The van der Waals surface area contributed by atoms with E-state index in [2.05, 4.69) is 9.88 Å². The predicted molar refractivity (Wildman–Crippen MR) is 118 cm³/mol. The van der Waals surface area contributed by atoms with Crippen LogP contribution in [0.2, 0.25) is 5.02 Å². The number of ketones is 1. The van der Waals surface area contributed by atoms with E-state index in [0.29, 0.717) is 54.2 Å². The maximum absolute atomic E-state index is 12.5. The van der Waals surface area contributed by atoms with Gasteiger partial charge in [0.2, 0.25) is 5.91 Å². The number of aromatic nitrogens is 1. The molecular weight excluding hydrogens is 418 g/mol. The van der Waals surface area contributed by atoms with Gasteiger partial charge in [0.25, 0.3) is 0 Å². The van der Waals surface area contributed by atoms with Crippen LogP contribution in [0.1, 0.15) is 22.3 Å². The second-order valence-electron chi connectivity index (χ2n) is 7.60. The first kappa shape index (κ1) is 21.3. The zero-order valence-electron chi connectivity index (χ0n) is 17.0. The maximum atomic E-state index is 12.5. The average Bonchev–Trinajstić information content (AvgIpc) is 3.16. The Kier molecular flexibility index (Phi) is 6.53. The molecule has 1 amide bonds. The van der Waals surface area contributed by atoms with Crippen LogP contribution in [-0.2, 0) is 11.2 Å². The van der Waals surface area contributed by atoms with Gasteiger partial charge < -0.3 is 9.32 Å². The highest BCUT2D eigenvalue weighted by atomic mass is 35.5. The fraction of sp³-hybridized carbons (Fsp3) is 0.304. The van der Waals surface area contributed by atoms with E-state index in [-0.39, 0.29) is 11.7 Å². The van der Waals surface area contributed by atoms with Crippen LogP contribution in [0.4, 0.5) is 0 Å². The number of halogens is 1. The van der Waals surface area contributed by atoms with Gasteiger partial charge in [-0.3, -0.25) is 19.5 Å². The number of H-pyrrole nitrogens is 1. The number of amides is 1. The lowest BCUT2D eigenvalue weighted by molar-refractivity contribution is -0.129. The van der Waals surface area contributed by atoms with Crippen LogP contribution < -0.4 is 5.76 Å². The number of hydrogen-bond donors (Lipinski definition) is 1. The number of Topliss-reactive ketones (excluding diaryl/α,β-unsaturated/α-hetero) is 1. The molecule has 1 saturated heterocycles. The van der Waals surface area contributed by atoms with Crippen molar-refractivity contribution in [2.75, 3.05) is 32.7 Å². The minimum Gasteiger partial charge on any atom is -0.408 e. The van der Waals surface area contributed by atoms with Crippen LogP contribution in [0.5, 0.6) is 0 Å². The predicted octanol–water partition coefficient (Wildman–Crippen LogP) is 2.94. The summed E-state index contributed by atoms with van der Waals surface area (Å²) in [5, 5.41) is 0.682. The van der Waals surface area contributed by atoms with E-state index >= 15 is 0 Å². The summed E-state index contributed by atoms with van der Waals surface area (Å²) < 4.78 is 5.02. The lowest BCUT2D eigenvalue weighted by atomic mass is 10.1. The molecule has 0 aliphatic carbocycles. The zero-order valence-corrected chi connectivity index (χ0v) is 17.7. The number of piperazine rings is 1. The summed E-state index contributed by atoms with van der Waals surface area (Å²) in [5.74, 6) is -0.495. The number of fused-ring (bicyclic) bond motifs is 1. The SMILES string of the molecule is O=C(CCN1CCN(C(=O)[CH]Cc2ccc(Cl)cc2)CC1)c1ccc2[nH]c(=O)oc2c1. The first-order valence-corrected chi connectivity index (χ1v) is 10.6. The Bertz CT molecular complexity index is 1130. The minimum atomic E-state index is -0.530. The molecule has 31 heavy (non-hydrogen) atoms. The van der Waals surface area contributed by atoms with Crippen molar-refractivity contribution in [3.63, 3.8) is 0 Å². The topological polar surface area (TPSA) is 86.6 Å². The van der Waals surface area contributed by atoms with Crippen molar-refractivity contribution in [3.05, 3.63) is 75.6 Å². The monoisotopic (exact) mass is 440 g/mol. The quantitative estimate of drug-likeness (QED) is 0.571. The molecular formula is C23H23ClN3O4. The number of carbonyl (C=O) groups is 2. The van der Waals surface area contributed by atoms with E-state index in [1.54, 1.807) is 24.6 Å². The number of hydrogen-bond acceptors (Lipinski definition) is 5. The van der Waals surface area contributed by atoms with E-state index in [1.807, 2.05) is 29.2 Å². The van der Waals surface area contributed by atoms with E-state index < -0.39 is 5.76 Å². The first-order chi connectivity index (χ1) is 15.0. The van der Waals surface area contributed by atoms with Crippen molar-refractivity contribution in [3.8, 4) is 0 Å². The fourth-order valence-corrected chi connectivity index (χ4v) is 3.80. The molecule has 0 bridgehead atoms. The minimum absolute atomic E-state index is 0.000512. The van der Waals surface area contributed by atoms with E-state index in [0.717, 1.165) is 18.7 Å². The van der Waals surface area contributed by atoms with Crippen molar-refractivity contribution in [1.82, 2.24) is 14.8 Å². The molecule has 4 rings (SSSR count). The van der Waals surface area contributed by atoms with E-state index in [4.69, 9.17) is 16.0 Å². The van der Waals surface area contributed by atoms with Gasteiger partial charge in [0, 0.05) is 49.7 Å². The maximum Gasteiger partial charge on any atom is 0.417 e. The molecule has 0 spiro atoms. The number of nitrogens with zero attached hydrogens (tertiary/aromatic N) is 2. The van der Waals surface area contributed by atoms with Crippen molar-refractivity contribution >= 4 is 34.4 Å². The summed E-state index contributed by atoms with van der Waals surface area (Å²) in [6, 6.07) is 12.5. The van der Waals surface area contributed by atoms with Gasteiger partial charge in [-0.2, -0.15) is 0 Å². The highest BCUT2D eigenvalue weighted by molar-refractivity contribution is 6.30. The summed E-state index contributed by atoms with van der Waals surface area (Å²) in [6.07, 6.45) is 2.66. The molecule has 2 heterocycles. The zero-order chi connectivity index (χ0) is 21.8. The standard InChI is InChI=1S/C23H23ClN3O4/c24-18-5-1-16(2-6-18)3-8-22(29)27-13-11-26(12-14-27)10-9-20(28)17-4-7-19-21(15-17)31-23(30)25-19/h1-2,4-8,15H,3,9-14H2,(H,25,30). The lowest BCUT2D eigenvalue weighted by Gasteiger charge is -2.34. The van der Waals surface area contributed by atoms with E-state index in [9.17, 15) is 14.4 Å². The molecule has 7 nitrogen and oxygen atoms in total. The van der Waals surface area contributed by atoms with Crippen LogP contribution in [0.15, 0.2) is 51.7 Å². The van der Waals surface area contributed by atoms with Gasteiger partial charge in [-0.05, 0) is 42.3 Å². The van der Waals surface area contributed by atoms with Gasteiger partial charge >= 0.3 is 5.76 Å². The molecule has 8 heteroatoms. The van der Waals surface area contributed by atoms with Gasteiger partial charge in [-0.15, -0.1) is 0 Å². The molecule has 0 saturated carbocycles. The summed E-state index contributed by atoms with van der Waals surface area (Å²) in [6.45, 7) is 3.39. The first-order valence-electron chi connectivity index (χ1n) is 10.2. The molecule has 1 radical (unpaired) electrons.